The van der Waals surface area contributed by atoms with Gasteiger partial charge in [0.15, 0.2) is 5.75 Å². The van der Waals surface area contributed by atoms with Gasteiger partial charge in [0.25, 0.3) is 0 Å². The third-order valence-electron chi connectivity index (χ3n) is 1.54. The first-order valence-electron chi connectivity index (χ1n) is 4.16. The lowest BCUT2D eigenvalue weighted by atomic mass is 10.2. The monoisotopic (exact) mass is 165 g/mol. The van der Waals surface area contributed by atoms with Crippen molar-refractivity contribution in [3.8, 4) is 5.75 Å². The predicted octanol–water partition coefficient (Wildman–Crippen LogP) is 2.76. The fourth-order valence-electron chi connectivity index (χ4n) is 0.920. The molecule has 1 radical (unpaired) electrons. The van der Waals surface area contributed by atoms with Gasteiger partial charge in [-0.25, -0.2) is 0 Å². The zero-order valence-corrected chi connectivity index (χ0v) is 7.25. The molecule has 0 heterocycles. The van der Waals surface area contributed by atoms with Crippen LogP contribution in [0.2, 0.25) is 0 Å². The molecule has 0 fully saturated rings. The number of benzene rings is 1. The average molecular weight is 165 g/mol. The lowest BCUT2D eigenvalue weighted by molar-refractivity contribution is 0.121. The standard InChI is InChI=1S/C10H13O2/c1-2-7-12-8-9-3-5-10(11)6-4-9/h3-6H,2,7-8H2,1H3. The van der Waals surface area contributed by atoms with Gasteiger partial charge in [-0.05, 0) is 24.1 Å². The number of hydrogen-bond acceptors (Lipinski definition) is 1. The Bertz CT molecular complexity index is 216. The van der Waals surface area contributed by atoms with Crippen LogP contribution in [-0.4, -0.2) is 6.61 Å². The van der Waals surface area contributed by atoms with E-state index in [4.69, 9.17) is 4.74 Å². The van der Waals surface area contributed by atoms with E-state index in [1.807, 2.05) is 0 Å². The van der Waals surface area contributed by atoms with E-state index < -0.39 is 0 Å². The Labute approximate surface area is 72.8 Å². The Morgan fingerprint density at radius 2 is 1.92 bits per heavy atom. The van der Waals surface area contributed by atoms with Gasteiger partial charge in [-0.15, -0.1) is 0 Å². The van der Waals surface area contributed by atoms with E-state index in [1.165, 1.54) is 0 Å². The van der Waals surface area contributed by atoms with Crippen LogP contribution in [-0.2, 0) is 16.5 Å². The molecule has 0 aliphatic carbocycles. The Morgan fingerprint density at radius 3 is 2.50 bits per heavy atom. The topological polar surface area (TPSA) is 29.1 Å². The molecule has 0 aliphatic rings. The molecule has 0 unspecified atom stereocenters. The Hall–Kier alpha value is -1.02. The minimum atomic E-state index is 0.0502. The molecule has 0 aromatic heterocycles. The first-order valence-corrected chi connectivity index (χ1v) is 4.16. The average Bonchev–Trinajstić information content (AvgIpc) is 2.09. The molecule has 0 amide bonds. The van der Waals surface area contributed by atoms with Crippen molar-refractivity contribution in [1.29, 1.82) is 0 Å². The van der Waals surface area contributed by atoms with Gasteiger partial charge in [0.05, 0.1) is 6.61 Å². The summed E-state index contributed by atoms with van der Waals surface area (Å²) in [6, 6.07) is 6.73. The van der Waals surface area contributed by atoms with E-state index >= 15 is 0 Å². The van der Waals surface area contributed by atoms with Crippen molar-refractivity contribution in [3.63, 3.8) is 0 Å². The summed E-state index contributed by atoms with van der Waals surface area (Å²) in [4.78, 5) is 0. The minimum absolute atomic E-state index is 0.0502. The normalized spacial score (nSPS) is 10.1. The van der Waals surface area contributed by atoms with Crippen LogP contribution in [0.1, 0.15) is 18.9 Å². The summed E-state index contributed by atoms with van der Waals surface area (Å²) < 4.78 is 5.31. The van der Waals surface area contributed by atoms with Crippen LogP contribution in [0.5, 0.6) is 5.75 Å². The summed E-state index contributed by atoms with van der Waals surface area (Å²) >= 11 is 0. The molecule has 0 atom stereocenters. The van der Waals surface area contributed by atoms with Crippen molar-refractivity contribution in [2.45, 2.75) is 20.0 Å². The van der Waals surface area contributed by atoms with Crippen LogP contribution in [0, 0.1) is 0 Å². The Balaban J connectivity index is 2.37. The van der Waals surface area contributed by atoms with Crippen molar-refractivity contribution in [2.24, 2.45) is 0 Å². The van der Waals surface area contributed by atoms with Crippen LogP contribution in [0.4, 0.5) is 0 Å². The van der Waals surface area contributed by atoms with E-state index in [9.17, 15) is 5.11 Å². The van der Waals surface area contributed by atoms with E-state index in [2.05, 4.69) is 6.92 Å². The highest BCUT2D eigenvalue weighted by Gasteiger charge is 1.93. The number of ether oxygens (including phenoxy) is 1. The van der Waals surface area contributed by atoms with Gasteiger partial charge in [-0.3, -0.25) is 5.11 Å². The van der Waals surface area contributed by atoms with Gasteiger partial charge in [-0.2, -0.15) is 0 Å². The Morgan fingerprint density at radius 1 is 1.25 bits per heavy atom. The first-order chi connectivity index (χ1) is 5.83. The maximum absolute atomic E-state index is 10.7. The zero-order valence-electron chi connectivity index (χ0n) is 7.25. The molecule has 0 spiro atoms. The molecule has 0 saturated heterocycles. The van der Waals surface area contributed by atoms with Gasteiger partial charge in [0.1, 0.15) is 0 Å². The highest BCUT2D eigenvalue weighted by molar-refractivity contribution is 5.25. The van der Waals surface area contributed by atoms with E-state index in [1.54, 1.807) is 24.3 Å². The van der Waals surface area contributed by atoms with Gasteiger partial charge < -0.3 is 4.74 Å². The molecule has 0 saturated carbocycles. The molecule has 12 heavy (non-hydrogen) atoms. The van der Waals surface area contributed by atoms with Crippen LogP contribution < -0.4 is 0 Å². The van der Waals surface area contributed by atoms with Crippen LogP contribution in [0.15, 0.2) is 24.3 Å². The highest BCUT2D eigenvalue weighted by Crippen LogP contribution is 2.10. The molecule has 1 aromatic carbocycles. The molecular formula is C10H13O2. The SMILES string of the molecule is CCCOCc1ccc([O])cc1. The van der Waals surface area contributed by atoms with Gasteiger partial charge >= 0.3 is 0 Å². The summed E-state index contributed by atoms with van der Waals surface area (Å²) in [5.74, 6) is 0.0502. The first kappa shape index (κ1) is 9.07. The summed E-state index contributed by atoms with van der Waals surface area (Å²) in [5.41, 5.74) is 1.06. The quantitative estimate of drug-likeness (QED) is 0.631. The number of rotatable bonds is 4. The van der Waals surface area contributed by atoms with Crippen LogP contribution >= 0.6 is 0 Å². The molecule has 2 nitrogen and oxygen atoms in total. The van der Waals surface area contributed by atoms with Crippen molar-refractivity contribution in [2.75, 3.05) is 6.61 Å². The van der Waals surface area contributed by atoms with Crippen LogP contribution in [0.25, 0.3) is 0 Å². The Kier molecular flexibility index (Phi) is 3.61. The zero-order chi connectivity index (χ0) is 8.81. The molecule has 0 N–H and O–H groups in total. The molecule has 2 heteroatoms. The minimum Gasteiger partial charge on any atom is -0.377 e. The van der Waals surface area contributed by atoms with E-state index in [0.29, 0.717) is 6.61 Å². The second-order valence-electron chi connectivity index (χ2n) is 2.70. The van der Waals surface area contributed by atoms with Crippen molar-refractivity contribution >= 4 is 0 Å². The largest absolute Gasteiger partial charge is 0.377 e. The fraction of sp³-hybridized carbons (Fsp3) is 0.400. The van der Waals surface area contributed by atoms with E-state index in [0.717, 1.165) is 18.6 Å². The predicted molar refractivity (Wildman–Crippen MR) is 46.5 cm³/mol. The summed E-state index contributed by atoms with van der Waals surface area (Å²) in [7, 11) is 0. The summed E-state index contributed by atoms with van der Waals surface area (Å²) in [5, 5.41) is 10.7. The van der Waals surface area contributed by atoms with Crippen molar-refractivity contribution < 1.29 is 9.84 Å². The van der Waals surface area contributed by atoms with E-state index in [-0.39, 0.29) is 5.75 Å². The molecule has 1 aromatic rings. The second-order valence-corrected chi connectivity index (χ2v) is 2.70. The fourth-order valence-corrected chi connectivity index (χ4v) is 0.920. The number of hydrogen-bond donors (Lipinski definition) is 0. The van der Waals surface area contributed by atoms with Crippen molar-refractivity contribution in [3.05, 3.63) is 29.8 Å². The lowest BCUT2D eigenvalue weighted by Gasteiger charge is -2.01. The summed E-state index contributed by atoms with van der Waals surface area (Å²) in [6.07, 6.45) is 1.03. The molecule has 0 bridgehead atoms. The van der Waals surface area contributed by atoms with Gasteiger partial charge in [0, 0.05) is 6.61 Å². The third-order valence-corrected chi connectivity index (χ3v) is 1.54. The molecular weight excluding hydrogens is 152 g/mol. The second kappa shape index (κ2) is 4.78. The lowest BCUT2D eigenvalue weighted by Crippen LogP contribution is -1.92. The maximum Gasteiger partial charge on any atom is 0.178 e. The molecule has 0 aliphatic heterocycles. The van der Waals surface area contributed by atoms with Gasteiger partial charge in [0.2, 0.25) is 0 Å². The summed E-state index contributed by atoms with van der Waals surface area (Å²) in [6.45, 7) is 3.45. The van der Waals surface area contributed by atoms with Crippen LogP contribution in [0.3, 0.4) is 0 Å². The molecule has 65 valence electrons. The molecule has 1 rings (SSSR count). The smallest absolute Gasteiger partial charge is 0.178 e. The van der Waals surface area contributed by atoms with Crippen molar-refractivity contribution in [1.82, 2.24) is 0 Å². The van der Waals surface area contributed by atoms with Gasteiger partial charge in [-0.1, -0.05) is 19.1 Å². The maximum atomic E-state index is 10.7. The third kappa shape index (κ3) is 2.93. The highest BCUT2D eigenvalue weighted by atomic mass is 16.5.